The topological polar surface area (TPSA) is 58.2 Å². The van der Waals surface area contributed by atoms with Gasteiger partial charge in [-0.15, -0.1) is 11.3 Å². The Morgan fingerprint density at radius 1 is 1.59 bits per heavy atom. The summed E-state index contributed by atoms with van der Waals surface area (Å²) in [6, 6.07) is 1.77. The highest BCUT2D eigenvalue weighted by atomic mass is 32.1. The number of carbonyl (C=O) groups excluding carboxylic acids is 1. The second-order valence-electron chi connectivity index (χ2n) is 3.54. The normalized spacial score (nSPS) is 10.5. The van der Waals surface area contributed by atoms with Crippen LogP contribution in [0.25, 0.3) is 11.3 Å². The van der Waals surface area contributed by atoms with Crippen molar-refractivity contribution in [1.29, 1.82) is 0 Å². The molecule has 2 aromatic rings. The minimum atomic E-state index is -0.217. The van der Waals surface area contributed by atoms with E-state index in [-0.39, 0.29) is 5.91 Å². The summed E-state index contributed by atoms with van der Waals surface area (Å²) >= 11 is 1.58. The fourth-order valence-corrected chi connectivity index (χ4v) is 2.04. The van der Waals surface area contributed by atoms with Gasteiger partial charge in [-0.25, -0.2) is 10.0 Å². The summed E-state index contributed by atoms with van der Waals surface area (Å²) in [5.41, 5.74) is 2.26. The van der Waals surface area contributed by atoms with E-state index in [0.29, 0.717) is 5.69 Å². The Kier molecular flexibility index (Phi) is 3.26. The molecule has 1 N–H and O–H groups in total. The van der Waals surface area contributed by atoms with Gasteiger partial charge in [0.2, 0.25) is 0 Å². The molecule has 0 aliphatic heterocycles. The van der Waals surface area contributed by atoms with Gasteiger partial charge in [0.15, 0.2) is 0 Å². The molecule has 0 saturated carbocycles. The van der Waals surface area contributed by atoms with Crippen LogP contribution in [-0.2, 0) is 4.84 Å². The molecule has 0 spiro atoms. The Balaban J connectivity index is 2.24. The molecule has 5 nitrogen and oxygen atoms in total. The highest BCUT2D eigenvalue weighted by molar-refractivity contribution is 7.09. The number of aromatic nitrogens is 2. The zero-order valence-electron chi connectivity index (χ0n) is 9.85. The van der Waals surface area contributed by atoms with E-state index in [4.69, 9.17) is 4.84 Å². The Hall–Kier alpha value is -1.66. The van der Waals surface area contributed by atoms with Gasteiger partial charge >= 0.3 is 0 Å². The number of aryl methyl sites for hydroxylation is 1. The number of amides is 1. The number of hydrogen-bond acceptors (Lipinski definition) is 4. The summed E-state index contributed by atoms with van der Waals surface area (Å²) in [7, 11) is 3.02. The number of nitrogens with one attached hydrogen (secondary N) is 1. The van der Waals surface area contributed by atoms with Crippen molar-refractivity contribution >= 4 is 17.2 Å². The summed E-state index contributed by atoms with van der Waals surface area (Å²) in [6.07, 6.45) is 1.77. The van der Waals surface area contributed by atoms with Crippen molar-refractivity contribution in [3.63, 3.8) is 0 Å². The average Bonchev–Trinajstić information content (AvgIpc) is 2.95. The Bertz CT molecular complexity index is 532. The maximum Gasteiger partial charge on any atom is 0.293 e. The number of H-pyrrole nitrogens is 1. The zero-order valence-corrected chi connectivity index (χ0v) is 10.7. The van der Waals surface area contributed by atoms with Crippen LogP contribution in [0.4, 0.5) is 0 Å². The predicted molar refractivity (Wildman–Crippen MR) is 65.7 cm³/mol. The molecule has 90 valence electrons. The van der Waals surface area contributed by atoms with Crippen molar-refractivity contribution in [1.82, 2.24) is 15.0 Å². The molecule has 0 unspecified atom stereocenters. The van der Waals surface area contributed by atoms with Crippen LogP contribution in [0.2, 0.25) is 0 Å². The monoisotopic (exact) mass is 251 g/mol. The van der Waals surface area contributed by atoms with Crippen LogP contribution in [0.5, 0.6) is 0 Å². The SMILES string of the molecule is CON(C)C(=O)c1cc(-c2csc(C)n2)c[nH]1. The third kappa shape index (κ3) is 2.37. The van der Waals surface area contributed by atoms with Crippen LogP contribution in [0.1, 0.15) is 15.5 Å². The summed E-state index contributed by atoms with van der Waals surface area (Å²) < 4.78 is 0. The first-order valence-corrected chi connectivity index (χ1v) is 5.93. The van der Waals surface area contributed by atoms with Gasteiger partial charge in [0, 0.05) is 24.2 Å². The smallest absolute Gasteiger partial charge is 0.293 e. The summed E-state index contributed by atoms with van der Waals surface area (Å²) in [5.74, 6) is -0.217. The van der Waals surface area contributed by atoms with Crippen LogP contribution < -0.4 is 0 Å². The van der Waals surface area contributed by atoms with Gasteiger partial charge in [0.1, 0.15) is 5.69 Å². The first kappa shape index (κ1) is 11.8. The molecule has 2 aromatic heterocycles. The number of hydrogen-bond donors (Lipinski definition) is 1. The molecule has 0 bridgehead atoms. The lowest BCUT2D eigenvalue weighted by Crippen LogP contribution is -2.25. The maximum absolute atomic E-state index is 11.8. The van der Waals surface area contributed by atoms with Crippen molar-refractivity contribution in [2.24, 2.45) is 0 Å². The van der Waals surface area contributed by atoms with Crippen LogP contribution in [0.15, 0.2) is 17.6 Å². The number of rotatable bonds is 3. The van der Waals surface area contributed by atoms with Gasteiger partial charge < -0.3 is 4.98 Å². The lowest BCUT2D eigenvalue weighted by atomic mass is 10.2. The van der Waals surface area contributed by atoms with E-state index in [1.54, 1.807) is 30.6 Å². The highest BCUT2D eigenvalue weighted by Crippen LogP contribution is 2.22. The second kappa shape index (κ2) is 4.68. The van der Waals surface area contributed by atoms with Gasteiger partial charge in [-0.1, -0.05) is 0 Å². The fraction of sp³-hybridized carbons (Fsp3) is 0.273. The maximum atomic E-state index is 11.8. The number of aromatic amines is 1. The minimum Gasteiger partial charge on any atom is -0.356 e. The van der Waals surface area contributed by atoms with Gasteiger partial charge in [-0.2, -0.15) is 0 Å². The molecule has 1 amide bonds. The van der Waals surface area contributed by atoms with Gasteiger partial charge in [-0.3, -0.25) is 9.63 Å². The van der Waals surface area contributed by atoms with E-state index in [1.165, 1.54) is 12.2 Å². The molecular weight excluding hydrogens is 238 g/mol. The van der Waals surface area contributed by atoms with E-state index in [1.807, 2.05) is 12.3 Å². The van der Waals surface area contributed by atoms with Crippen molar-refractivity contribution < 1.29 is 9.63 Å². The van der Waals surface area contributed by atoms with Crippen molar-refractivity contribution in [2.75, 3.05) is 14.2 Å². The van der Waals surface area contributed by atoms with Crippen molar-refractivity contribution in [3.05, 3.63) is 28.3 Å². The van der Waals surface area contributed by atoms with Crippen LogP contribution in [-0.4, -0.2) is 35.1 Å². The summed E-state index contributed by atoms with van der Waals surface area (Å²) in [4.78, 5) is 23.9. The average molecular weight is 251 g/mol. The van der Waals surface area contributed by atoms with Gasteiger partial charge in [-0.05, 0) is 13.0 Å². The number of thiazole rings is 1. The molecule has 0 saturated heterocycles. The van der Waals surface area contributed by atoms with Crippen molar-refractivity contribution in [3.8, 4) is 11.3 Å². The minimum absolute atomic E-state index is 0.217. The lowest BCUT2D eigenvalue weighted by molar-refractivity contribution is -0.0760. The molecule has 0 fully saturated rings. The highest BCUT2D eigenvalue weighted by Gasteiger charge is 2.14. The third-order valence-corrected chi connectivity index (χ3v) is 3.16. The quantitative estimate of drug-likeness (QED) is 0.850. The molecule has 0 aromatic carbocycles. The van der Waals surface area contributed by atoms with Crippen LogP contribution in [0.3, 0.4) is 0 Å². The van der Waals surface area contributed by atoms with E-state index >= 15 is 0 Å². The van der Waals surface area contributed by atoms with Crippen LogP contribution >= 0.6 is 11.3 Å². The molecule has 0 radical (unpaired) electrons. The molecule has 0 aliphatic carbocycles. The molecular formula is C11H13N3O2S. The zero-order chi connectivity index (χ0) is 12.4. The van der Waals surface area contributed by atoms with Gasteiger partial charge in [0.25, 0.3) is 5.91 Å². The number of hydroxylamine groups is 2. The molecule has 2 heterocycles. The lowest BCUT2D eigenvalue weighted by Gasteiger charge is -2.11. The Morgan fingerprint density at radius 2 is 2.35 bits per heavy atom. The summed E-state index contributed by atoms with van der Waals surface area (Å²) in [6.45, 7) is 1.95. The third-order valence-electron chi connectivity index (χ3n) is 2.39. The molecule has 6 heteroatoms. The van der Waals surface area contributed by atoms with E-state index in [9.17, 15) is 4.79 Å². The first-order chi connectivity index (χ1) is 8.11. The fourth-order valence-electron chi connectivity index (χ4n) is 1.41. The number of nitrogens with zero attached hydrogens (tertiary/aromatic N) is 2. The predicted octanol–water partition coefficient (Wildman–Crippen LogP) is 2.08. The second-order valence-corrected chi connectivity index (χ2v) is 4.60. The molecule has 2 rings (SSSR count). The molecule has 0 atom stereocenters. The van der Waals surface area contributed by atoms with Crippen LogP contribution in [0, 0.1) is 6.92 Å². The Labute approximate surface area is 103 Å². The molecule has 17 heavy (non-hydrogen) atoms. The summed E-state index contributed by atoms with van der Waals surface area (Å²) in [5, 5.41) is 4.14. The van der Waals surface area contributed by atoms with Crippen molar-refractivity contribution in [2.45, 2.75) is 6.92 Å². The van der Waals surface area contributed by atoms with E-state index < -0.39 is 0 Å². The standard InChI is InChI=1S/C11H13N3O2S/c1-7-13-10(6-17-7)8-4-9(12-5-8)11(15)14(2)16-3/h4-6,12H,1-3H3. The first-order valence-electron chi connectivity index (χ1n) is 5.05. The van der Waals surface area contributed by atoms with E-state index in [0.717, 1.165) is 16.3 Å². The van der Waals surface area contributed by atoms with E-state index in [2.05, 4.69) is 9.97 Å². The van der Waals surface area contributed by atoms with Gasteiger partial charge in [0.05, 0.1) is 17.8 Å². The number of carbonyl (C=O) groups is 1. The largest absolute Gasteiger partial charge is 0.356 e. The molecule has 0 aliphatic rings. The Morgan fingerprint density at radius 3 is 2.94 bits per heavy atom.